The number of rotatable bonds is 2. The van der Waals surface area contributed by atoms with E-state index in [2.05, 4.69) is 0 Å². The van der Waals surface area contributed by atoms with Gasteiger partial charge in [-0.2, -0.15) is 0 Å². The highest BCUT2D eigenvalue weighted by molar-refractivity contribution is 5.76. The Morgan fingerprint density at radius 1 is 2.00 bits per heavy atom. The van der Waals surface area contributed by atoms with Gasteiger partial charge in [0, 0.05) is 6.54 Å². The van der Waals surface area contributed by atoms with Crippen molar-refractivity contribution in [2.45, 2.75) is 13.0 Å². The molecule has 1 N–H and O–H groups in total. The first-order valence-electron chi connectivity index (χ1n) is 2.72. The second kappa shape index (κ2) is 1.74. The van der Waals surface area contributed by atoms with Crippen LogP contribution in [0.3, 0.4) is 0 Å². The molecule has 1 rings (SSSR count). The predicted octanol–water partition coefficient (Wildman–Crippen LogP) is -0.225. The lowest BCUT2D eigenvalue weighted by Gasteiger charge is -1.89. The Bertz CT molecular complexity index is 113. The molecule has 1 saturated heterocycles. The number of carbonyl (C=O) groups is 1. The minimum absolute atomic E-state index is 0.167. The summed E-state index contributed by atoms with van der Waals surface area (Å²) in [5.41, 5.74) is 0. The highest BCUT2D eigenvalue weighted by Crippen LogP contribution is 2.15. The molecule has 1 aliphatic rings. The van der Waals surface area contributed by atoms with E-state index in [0.717, 1.165) is 13.1 Å². The molecule has 0 saturated carbocycles. The van der Waals surface area contributed by atoms with Gasteiger partial charge < -0.3 is 5.11 Å². The summed E-state index contributed by atoms with van der Waals surface area (Å²) in [7, 11) is 0. The van der Waals surface area contributed by atoms with E-state index < -0.39 is 5.97 Å². The number of nitrogens with zero attached hydrogens (tertiary/aromatic N) is 1. The van der Waals surface area contributed by atoms with Gasteiger partial charge in [0.05, 0.1) is 0 Å². The molecule has 2 atom stereocenters. The summed E-state index contributed by atoms with van der Waals surface area (Å²) >= 11 is 0. The van der Waals surface area contributed by atoms with E-state index in [-0.39, 0.29) is 6.04 Å². The van der Waals surface area contributed by atoms with E-state index in [1.165, 1.54) is 0 Å². The maximum Gasteiger partial charge on any atom is 0.322 e. The Morgan fingerprint density at radius 3 is 2.75 bits per heavy atom. The summed E-state index contributed by atoms with van der Waals surface area (Å²) in [6.07, 6.45) is 0. The van der Waals surface area contributed by atoms with Crippen molar-refractivity contribution in [3.63, 3.8) is 0 Å². The molecule has 0 aromatic carbocycles. The normalized spacial score (nSPS) is 34.6. The zero-order chi connectivity index (χ0) is 6.15. The monoisotopic (exact) mass is 115 g/mol. The Labute approximate surface area is 47.9 Å². The molecule has 46 valence electrons. The number of carboxylic acids is 1. The lowest BCUT2D eigenvalue weighted by Crippen LogP contribution is -2.10. The van der Waals surface area contributed by atoms with E-state index in [1.54, 1.807) is 0 Å². The standard InChI is InChI=1S/C5H9NO2/c1-2-6-3-4(6)5(7)8/h4H,2-3H2,1H3,(H,7,8). The topological polar surface area (TPSA) is 40.3 Å². The van der Waals surface area contributed by atoms with Gasteiger partial charge in [0.15, 0.2) is 0 Å². The number of aliphatic carboxylic acids is 1. The Hall–Kier alpha value is -0.570. The first-order chi connectivity index (χ1) is 3.75. The van der Waals surface area contributed by atoms with Gasteiger partial charge in [-0.25, -0.2) is 0 Å². The van der Waals surface area contributed by atoms with E-state index in [0.29, 0.717) is 0 Å². The Kier molecular flexibility index (Phi) is 1.21. The van der Waals surface area contributed by atoms with E-state index in [4.69, 9.17) is 5.11 Å². The third-order valence-electron chi connectivity index (χ3n) is 1.41. The van der Waals surface area contributed by atoms with Crippen LogP contribution in [0, 0.1) is 0 Å². The molecule has 3 heteroatoms. The SMILES string of the molecule is CCN1CC1C(=O)O. The Morgan fingerprint density at radius 2 is 2.62 bits per heavy atom. The molecule has 0 radical (unpaired) electrons. The zero-order valence-corrected chi connectivity index (χ0v) is 4.79. The van der Waals surface area contributed by atoms with Crippen LogP contribution in [0.25, 0.3) is 0 Å². The van der Waals surface area contributed by atoms with Crippen molar-refractivity contribution in [1.82, 2.24) is 4.90 Å². The smallest absolute Gasteiger partial charge is 0.322 e. The lowest BCUT2D eigenvalue weighted by atomic mass is 10.5. The number of carboxylic acid groups (broad SMARTS) is 1. The van der Waals surface area contributed by atoms with Crippen molar-refractivity contribution < 1.29 is 9.90 Å². The third kappa shape index (κ3) is 0.816. The van der Waals surface area contributed by atoms with Crippen molar-refractivity contribution in [3.8, 4) is 0 Å². The molecule has 3 nitrogen and oxygen atoms in total. The van der Waals surface area contributed by atoms with Gasteiger partial charge in [0.25, 0.3) is 0 Å². The molecule has 1 heterocycles. The van der Waals surface area contributed by atoms with E-state index in [1.807, 2.05) is 11.8 Å². The molecule has 8 heavy (non-hydrogen) atoms. The van der Waals surface area contributed by atoms with Gasteiger partial charge in [0.2, 0.25) is 0 Å². The fourth-order valence-corrected chi connectivity index (χ4v) is 0.759. The predicted molar refractivity (Wildman–Crippen MR) is 28.7 cm³/mol. The molecular formula is C5H9NO2. The number of hydrogen-bond acceptors (Lipinski definition) is 2. The second-order valence-corrected chi connectivity index (χ2v) is 1.94. The van der Waals surface area contributed by atoms with Gasteiger partial charge >= 0.3 is 5.97 Å². The van der Waals surface area contributed by atoms with Gasteiger partial charge in [-0.05, 0) is 6.54 Å². The van der Waals surface area contributed by atoms with Crippen molar-refractivity contribution in [2.24, 2.45) is 0 Å². The fourth-order valence-electron chi connectivity index (χ4n) is 0.759. The minimum Gasteiger partial charge on any atom is -0.480 e. The highest BCUT2D eigenvalue weighted by Gasteiger charge is 2.38. The third-order valence-corrected chi connectivity index (χ3v) is 1.41. The second-order valence-electron chi connectivity index (χ2n) is 1.94. The molecule has 0 amide bonds. The summed E-state index contributed by atoms with van der Waals surface area (Å²) < 4.78 is 0. The van der Waals surface area contributed by atoms with Crippen molar-refractivity contribution in [1.29, 1.82) is 0 Å². The summed E-state index contributed by atoms with van der Waals surface area (Å²) in [4.78, 5) is 12.0. The largest absolute Gasteiger partial charge is 0.480 e. The van der Waals surface area contributed by atoms with Crippen LogP contribution in [-0.2, 0) is 4.79 Å². The maximum atomic E-state index is 10.1. The molecular weight excluding hydrogens is 106 g/mol. The molecule has 0 aromatic heterocycles. The lowest BCUT2D eigenvalue weighted by molar-refractivity contribution is -0.137. The van der Waals surface area contributed by atoms with Crippen LogP contribution in [0.4, 0.5) is 0 Å². The molecule has 1 aliphatic heterocycles. The van der Waals surface area contributed by atoms with E-state index in [9.17, 15) is 4.79 Å². The van der Waals surface area contributed by atoms with Crippen LogP contribution in [0.2, 0.25) is 0 Å². The van der Waals surface area contributed by atoms with Crippen LogP contribution in [-0.4, -0.2) is 35.1 Å². The number of hydrogen-bond donors (Lipinski definition) is 1. The highest BCUT2D eigenvalue weighted by atomic mass is 16.4. The molecule has 1 fully saturated rings. The van der Waals surface area contributed by atoms with Crippen LogP contribution in [0.5, 0.6) is 0 Å². The average molecular weight is 115 g/mol. The maximum absolute atomic E-state index is 10.1. The van der Waals surface area contributed by atoms with Crippen molar-refractivity contribution >= 4 is 5.97 Å². The summed E-state index contributed by atoms with van der Waals surface area (Å²) in [5, 5.41) is 8.31. The van der Waals surface area contributed by atoms with Crippen molar-refractivity contribution in [3.05, 3.63) is 0 Å². The molecule has 0 aromatic rings. The minimum atomic E-state index is -0.688. The van der Waals surface area contributed by atoms with E-state index >= 15 is 0 Å². The van der Waals surface area contributed by atoms with Gasteiger partial charge in [0.1, 0.15) is 6.04 Å². The quantitative estimate of drug-likeness (QED) is 0.505. The first-order valence-corrected chi connectivity index (χ1v) is 2.72. The van der Waals surface area contributed by atoms with Crippen molar-refractivity contribution in [2.75, 3.05) is 13.1 Å². The zero-order valence-electron chi connectivity index (χ0n) is 4.79. The van der Waals surface area contributed by atoms with Crippen LogP contribution in [0.1, 0.15) is 6.92 Å². The fraction of sp³-hybridized carbons (Fsp3) is 0.800. The van der Waals surface area contributed by atoms with Crippen LogP contribution in [0.15, 0.2) is 0 Å². The average Bonchev–Trinajstić information content (AvgIpc) is 2.42. The summed E-state index contributed by atoms with van der Waals surface area (Å²) in [6.45, 7) is 3.56. The van der Waals surface area contributed by atoms with Gasteiger partial charge in [-0.3, -0.25) is 9.69 Å². The van der Waals surface area contributed by atoms with Gasteiger partial charge in [-0.15, -0.1) is 0 Å². The first kappa shape index (κ1) is 5.56. The molecule has 0 bridgehead atoms. The van der Waals surface area contributed by atoms with Crippen LogP contribution >= 0.6 is 0 Å². The summed E-state index contributed by atoms with van der Waals surface area (Å²) in [6, 6.07) is -0.167. The molecule has 0 spiro atoms. The molecule has 0 aliphatic carbocycles. The Balaban J connectivity index is 2.26. The van der Waals surface area contributed by atoms with Gasteiger partial charge in [-0.1, -0.05) is 6.92 Å². The van der Waals surface area contributed by atoms with Crippen LogP contribution < -0.4 is 0 Å². The molecule has 2 unspecified atom stereocenters. The summed E-state index contributed by atoms with van der Waals surface area (Å²) in [5.74, 6) is -0.688. The number of likely N-dealkylation sites (N-methyl/N-ethyl adjacent to an activating group) is 1.